The lowest BCUT2D eigenvalue weighted by atomic mass is 9.77. The Balaban J connectivity index is 1.58. The van der Waals surface area contributed by atoms with E-state index in [1.807, 2.05) is 41.8 Å². The van der Waals surface area contributed by atoms with Crippen LogP contribution in [0.3, 0.4) is 0 Å². The molecule has 2 aromatic carbocycles. The highest BCUT2D eigenvalue weighted by Crippen LogP contribution is 2.45. The summed E-state index contributed by atoms with van der Waals surface area (Å²) in [4.78, 5) is 14.0. The van der Waals surface area contributed by atoms with Crippen molar-refractivity contribution in [2.24, 2.45) is 11.0 Å². The first-order valence-electron chi connectivity index (χ1n) is 10.1. The molecule has 1 amide bonds. The fourth-order valence-electron chi connectivity index (χ4n) is 4.42. The smallest absolute Gasteiger partial charge is 0.266 e. The van der Waals surface area contributed by atoms with Gasteiger partial charge in [0.2, 0.25) is 0 Å². The molecule has 2 aliphatic rings. The Morgan fingerprint density at radius 1 is 1.00 bits per heavy atom. The molecule has 0 unspecified atom stereocenters. The van der Waals surface area contributed by atoms with E-state index in [0.29, 0.717) is 0 Å². The van der Waals surface area contributed by atoms with Gasteiger partial charge in [0.05, 0.1) is 16.6 Å². The maximum atomic E-state index is 13.3. The van der Waals surface area contributed by atoms with Gasteiger partial charge >= 0.3 is 0 Å². The van der Waals surface area contributed by atoms with E-state index in [0.717, 1.165) is 35.4 Å². The molecule has 1 aromatic heterocycles. The van der Waals surface area contributed by atoms with Crippen LogP contribution < -0.4 is 0 Å². The van der Waals surface area contributed by atoms with Gasteiger partial charge in [-0.05, 0) is 53.5 Å². The summed E-state index contributed by atoms with van der Waals surface area (Å²) in [6.45, 7) is 0. The molecular weight excluding hydrogens is 376 g/mol. The molecule has 0 saturated heterocycles. The third-order valence-electron chi connectivity index (χ3n) is 5.72. The molecule has 29 heavy (non-hydrogen) atoms. The summed E-state index contributed by atoms with van der Waals surface area (Å²) in [6, 6.07) is 24.5. The highest BCUT2D eigenvalue weighted by atomic mass is 32.1. The molecule has 3 aromatic rings. The van der Waals surface area contributed by atoms with Crippen LogP contribution in [-0.2, 0) is 0 Å². The van der Waals surface area contributed by atoms with Crippen LogP contribution in [0.25, 0.3) is 6.08 Å². The van der Waals surface area contributed by atoms with Gasteiger partial charge in [-0.25, -0.2) is 5.01 Å². The molecule has 1 saturated carbocycles. The number of hydrogen-bond donors (Lipinski definition) is 0. The number of benzene rings is 2. The molecule has 5 rings (SSSR count). The second-order valence-corrected chi connectivity index (χ2v) is 8.49. The quantitative estimate of drug-likeness (QED) is 0.518. The van der Waals surface area contributed by atoms with Gasteiger partial charge in [0.25, 0.3) is 5.91 Å². The van der Waals surface area contributed by atoms with E-state index < -0.39 is 0 Å². The summed E-state index contributed by atoms with van der Waals surface area (Å²) < 4.78 is 0. The van der Waals surface area contributed by atoms with Crippen LogP contribution >= 0.6 is 11.3 Å². The number of allylic oxidation sites excluding steroid dienone is 1. The molecule has 4 heteroatoms. The van der Waals surface area contributed by atoms with Crippen LogP contribution in [0.5, 0.6) is 0 Å². The summed E-state index contributed by atoms with van der Waals surface area (Å²) in [5.41, 5.74) is 4.68. The minimum atomic E-state index is -0.0414. The topological polar surface area (TPSA) is 32.7 Å². The van der Waals surface area contributed by atoms with Crippen molar-refractivity contribution in [3.05, 3.63) is 99.8 Å². The number of thiophene rings is 1. The van der Waals surface area contributed by atoms with Gasteiger partial charge < -0.3 is 0 Å². The number of carbonyl (C=O) groups excluding carboxylic acids is 1. The van der Waals surface area contributed by atoms with Crippen molar-refractivity contribution in [2.75, 3.05) is 0 Å². The highest BCUT2D eigenvalue weighted by molar-refractivity contribution is 7.12. The molecule has 3 nitrogen and oxygen atoms in total. The van der Waals surface area contributed by atoms with Crippen LogP contribution in [0.2, 0.25) is 0 Å². The molecule has 2 heterocycles. The predicted molar refractivity (Wildman–Crippen MR) is 119 cm³/mol. The lowest BCUT2D eigenvalue weighted by Gasteiger charge is -2.29. The summed E-state index contributed by atoms with van der Waals surface area (Å²) in [7, 11) is 0. The van der Waals surface area contributed by atoms with Gasteiger partial charge in [0.15, 0.2) is 0 Å². The Bertz CT molecular complexity index is 1050. The van der Waals surface area contributed by atoms with E-state index in [1.165, 1.54) is 22.5 Å². The fraction of sp³-hybridized carbons (Fsp3) is 0.200. The first-order valence-corrected chi connectivity index (χ1v) is 11.0. The van der Waals surface area contributed by atoms with Gasteiger partial charge in [-0.2, -0.15) is 5.10 Å². The largest absolute Gasteiger partial charge is 0.284 e. The number of hydrogen-bond acceptors (Lipinski definition) is 3. The zero-order valence-electron chi connectivity index (χ0n) is 16.1. The van der Waals surface area contributed by atoms with Crippen molar-refractivity contribution in [3.63, 3.8) is 0 Å². The van der Waals surface area contributed by atoms with Crippen molar-refractivity contribution in [2.45, 2.75) is 25.3 Å². The minimum Gasteiger partial charge on any atom is -0.266 e. The average molecular weight is 399 g/mol. The molecule has 2 atom stereocenters. The van der Waals surface area contributed by atoms with E-state index in [2.05, 4.69) is 42.5 Å². The third kappa shape index (κ3) is 3.45. The van der Waals surface area contributed by atoms with E-state index in [1.54, 1.807) is 5.01 Å². The summed E-state index contributed by atoms with van der Waals surface area (Å²) >= 11 is 1.48. The number of hydrazone groups is 1. The molecular formula is C25H22N2OS. The molecule has 1 aliphatic carbocycles. The summed E-state index contributed by atoms with van der Waals surface area (Å²) in [5, 5.41) is 8.63. The normalized spacial score (nSPS) is 22.4. The minimum absolute atomic E-state index is 0.00480. The molecule has 0 bridgehead atoms. The maximum Gasteiger partial charge on any atom is 0.284 e. The van der Waals surface area contributed by atoms with E-state index in [9.17, 15) is 4.79 Å². The molecule has 1 aliphatic heterocycles. The third-order valence-corrected chi connectivity index (χ3v) is 6.58. The predicted octanol–water partition coefficient (Wildman–Crippen LogP) is 6.18. The number of amides is 1. The Morgan fingerprint density at radius 2 is 1.76 bits per heavy atom. The SMILES string of the molecule is O=C(c1cccs1)N1N=C2/C(=C/c3ccccc3)CCC[C@H]2[C@@H]1c1ccccc1. The Labute approximate surface area is 175 Å². The van der Waals surface area contributed by atoms with Crippen LogP contribution in [-0.4, -0.2) is 16.6 Å². The lowest BCUT2D eigenvalue weighted by Crippen LogP contribution is -2.31. The van der Waals surface area contributed by atoms with Gasteiger partial charge in [0, 0.05) is 5.92 Å². The number of rotatable bonds is 3. The van der Waals surface area contributed by atoms with Gasteiger partial charge in [-0.15, -0.1) is 11.3 Å². The van der Waals surface area contributed by atoms with Crippen molar-refractivity contribution < 1.29 is 4.79 Å². The molecule has 0 radical (unpaired) electrons. The van der Waals surface area contributed by atoms with Crippen molar-refractivity contribution in [1.29, 1.82) is 0 Å². The first-order chi connectivity index (χ1) is 14.3. The van der Waals surface area contributed by atoms with Crippen LogP contribution in [0.15, 0.2) is 88.9 Å². The lowest BCUT2D eigenvalue weighted by molar-refractivity contribution is 0.0686. The number of nitrogens with zero attached hydrogens (tertiary/aromatic N) is 2. The second-order valence-electron chi connectivity index (χ2n) is 7.55. The highest BCUT2D eigenvalue weighted by Gasteiger charge is 2.44. The standard InChI is InChI=1S/C25H22N2OS/c28-25(22-15-8-16-29-22)27-24(19-11-5-2-6-12-19)21-14-7-13-20(23(21)26-27)17-18-9-3-1-4-10-18/h1-6,8-12,15-17,21,24H,7,13-14H2/b20-17+/t21-,24+/m1/s1. The Hall–Kier alpha value is -2.98. The molecule has 1 fully saturated rings. The fourth-order valence-corrected chi connectivity index (χ4v) is 5.07. The maximum absolute atomic E-state index is 13.3. The number of fused-ring (bicyclic) bond motifs is 1. The Morgan fingerprint density at radius 3 is 2.48 bits per heavy atom. The monoisotopic (exact) mass is 398 g/mol. The van der Waals surface area contributed by atoms with Crippen LogP contribution in [0, 0.1) is 5.92 Å². The van der Waals surface area contributed by atoms with Crippen molar-refractivity contribution >= 4 is 29.0 Å². The second kappa shape index (κ2) is 7.80. The van der Waals surface area contributed by atoms with Gasteiger partial charge in [-0.3, -0.25) is 4.79 Å². The van der Waals surface area contributed by atoms with E-state index in [-0.39, 0.29) is 17.9 Å². The van der Waals surface area contributed by atoms with Crippen LogP contribution in [0.4, 0.5) is 0 Å². The van der Waals surface area contributed by atoms with Gasteiger partial charge in [0.1, 0.15) is 0 Å². The summed E-state index contributed by atoms with van der Waals surface area (Å²) in [6.07, 6.45) is 5.42. The van der Waals surface area contributed by atoms with Crippen molar-refractivity contribution in [3.8, 4) is 0 Å². The van der Waals surface area contributed by atoms with Crippen LogP contribution in [0.1, 0.15) is 46.1 Å². The zero-order valence-corrected chi connectivity index (χ0v) is 16.9. The number of carbonyl (C=O) groups is 1. The van der Waals surface area contributed by atoms with Gasteiger partial charge in [-0.1, -0.05) is 66.7 Å². The Kier molecular flexibility index (Phi) is 4.86. The van der Waals surface area contributed by atoms with E-state index >= 15 is 0 Å². The molecule has 0 N–H and O–H groups in total. The van der Waals surface area contributed by atoms with E-state index in [4.69, 9.17) is 5.10 Å². The first kappa shape index (κ1) is 18.1. The zero-order chi connectivity index (χ0) is 19.6. The molecule has 144 valence electrons. The van der Waals surface area contributed by atoms with Crippen molar-refractivity contribution in [1.82, 2.24) is 5.01 Å². The average Bonchev–Trinajstić information content (AvgIpc) is 3.43. The molecule has 0 spiro atoms. The summed E-state index contributed by atoms with van der Waals surface area (Å²) in [5.74, 6) is 0.236.